The standard InChI is InChI=1S/C17H9F3INO2S2/c18-17(19,20)10-2-1-3-11(8-10)22-15(24)14(26-16(22)25)7-9-4-5-13(23)12(21)6-9/h1-8,23H/b14-7+. The van der Waals surface area contributed by atoms with Gasteiger partial charge in [-0.1, -0.05) is 36.1 Å². The molecule has 0 atom stereocenters. The smallest absolute Gasteiger partial charge is 0.416 e. The molecule has 1 amide bonds. The SMILES string of the molecule is O=C1/C(=C\c2ccc(O)c(I)c2)SC(=S)N1c1cccc(C(F)(F)F)c1. The van der Waals surface area contributed by atoms with Crippen LogP contribution in [0.25, 0.3) is 6.08 Å². The van der Waals surface area contributed by atoms with E-state index in [1.807, 2.05) is 22.6 Å². The number of thioether (sulfide) groups is 1. The number of halogens is 4. The number of thiocarbonyl (C=S) groups is 1. The predicted molar refractivity (Wildman–Crippen MR) is 108 cm³/mol. The second-order valence-corrected chi connectivity index (χ2v) is 8.11. The summed E-state index contributed by atoms with van der Waals surface area (Å²) >= 11 is 8.15. The van der Waals surface area contributed by atoms with E-state index < -0.39 is 17.6 Å². The molecule has 0 aromatic heterocycles. The fourth-order valence-electron chi connectivity index (χ4n) is 2.28. The number of benzene rings is 2. The van der Waals surface area contributed by atoms with Gasteiger partial charge in [0.05, 0.1) is 19.7 Å². The molecule has 0 unspecified atom stereocenters. The number of carbonyl (C=O) groups excluding carboxylic acids is 1. The van der Waals surface area contributed by atoms with Gasteiger partial charge in [-0.05, 0) is 64.6 Å². The first-order valence-corrected chi connectivity index (χ1v) is 9.41. The van der Waals surface area contributed by atoms with Crippen LogP contribution in [0, 0.1) is 3.57 Å². The average molecular weight is 507 g/mol. The van der Waals surface area contributed by atoms with E-state index in [2.05, 4.69) is 0 Å². The minimum absolute atomic E-state index is 0.0750. The summed E-state index contributed by atoms with van der Waals surface area (Å²) in [7, 11) is 0. The van der Waals surface area contributed by atoms with Crippen LogP contribution in [0.3, 0.4) is 0 Å². The van der Waals surface area contributed by atoms with Crippen molar-refractivity contribution in [3.8, 4) is 5.75 Å². The highest BCUT2D eigenvalue weighted by Gasteiger charge is 2.36. The highest BCUT2D eigenvalue weighted by atomic mass is 127. The number of phenols is 1. The number of nitrogens with zero attached hydrogens (tertiary/aromatic N) is 1. The Labute approximate surface area is 170 Å². The zero-order chi connectivity index (χ0) is 19.1. The van der Waals surface area contributed by atoms with Gasteiger partial charge in [0.15, 0.2) is 4.32 Å². The molecule has 3 rings (SSSR count). The molecule has 134 valence electrons. The summed E-state index contributed by atoms with van der Waals surface area (Å²) in [5.74, 6) is -0.360. The minimum atomic E-state index is -4.51. The highest BCUT2D eigenvalue weighted by Crippen LogP contribution is 2.38. The van der Waals surface area contributed by atoms with Crippen molar-refractivity contribution >= 4 is 68.6 Å². The van der Waals surface area contributed by atoms with E-state index in [1.165, 1.54) is 18.2 Å². The quantitative estimate of drug-likeness (QED) is 0.335. The van der Waals surface area contributed by atoms with Crippen LogP contribution < -0.4 is 4.90 Å². The Morgan fingerprint density at radius 1 is 1.19 bits per heavy atom. The van der Waals surface area contributed by atoms with Crippen LogP contribution in [0.1, 0.15) is 11.1 Å². The molecule has 0 spiro atoms. The molecule has 1 saturated heterocycles. The van der Waals surface area contributed by atoms with Crippen molar-refractivity contribution in [3.05, 3.63) is 62.1 Å². The van der Waals surface area contributed by atoms with Crippen LogP contribution in [0.15, 0.2) is 47.4 Å². The Kier molecular flexibility index (Phi) is 5.31. The van der Waals surface area contributed by atoms with E-state index in [4.69, 9.17) is 12.2 Å². The molecule has 2 aromatic carbocycles. The van der Waals surface area contributed by atoms with Crippen LogP contribution in [0.2, 0.25) is 0 Å². The molecule has 0 bridgehead atoms. The summed E-state index contributed by atoms with van der Waals surface area (Å²) in [6.45, 7) is 0. The summed E-state index contributed by atoms with van der Waals surface area (Å²) in [6.07, 6.45) is -2.91. The number of anilines is 1. The number of rotatable bonds is 2. The van der Waals surface area contributed by atoms with Crippen LogP contribution in [-0.4, -0.2) is 15.3 Å². The molecule has 1 aliphatic rings. The van der Waals surface area contributed by atoms with Crippen molar-refractivity contribution in [2.75, 3.05) is 4.90 Å². The fourth-order valence-corrected chi connectivity index (χ4v) is 4.11. The molecular weight excluding hydrogens is 498 g/mol. The second kappa shape index (κ2) is 7.20. The molecule has 9 heteroatoms. The van der Waals surface area contributed by atoms with Gasteiger partial charge in [-0.2, -0.15) is 13.2 Å². The van der Waals surface area contributed by atoms with Gasteiger partial charge >= 0.3 is 6.18 Å². The Balaban J connectivity index is 1.94. The van der Waals surface area contributed by atoms with Gasteiger partial charge in [0.25, 0.3) is 5.91 Å². The first-order valence-electron chi connectivity index (χ1n) is 7.10. The lowest BCUT2D eigenvalue weighted by Crippen LogP contribution is -2.27. The fraction of sp³-hybridized carbons (Fsp3) is 0.0588. The monoisotopic (exact) mass is 507 g/mol. The Bertz CT molecular complexity index is 944. The Morgan fingerprint density at radius 2 is 1.92 bits per heavy atom. The van der Waals surface area contributed by atoms with Gasteiger partial charge in [0.2, 0.25) is 0 Å². The molecular formula is C17H9F3INO2S2. The van der Waals surface area contributed by atoms with Gasteiger partial charge < -0.3 is 5.11 Å². The maximum absolute atomic E-state index is 12.9. The number of hydrogen-bond donors (Lipinski definition) is 1. The van der Waals surface area contributed by atoms with Crippen LogP contribution in [0.4, 0.5) is 18.9 Å². The number of carbonyl (C=O) groups is 1. The predicted octanol–water partition coefficient (Wildman–Crippen LogP) is 5.42. The third kappa shape index (κ3) is 3.89. The van der Waals surface area contributed by atoms with Gasteiger partial charge in [-0.3, -0.25) is 9.69 Å². The number of aromatic hydroxyl groups is 1. The minimum Gasteiger partial charge on any atom is -0.507 e. The molecule has 1 fully saturated rings. The maximum Gasteiger partial charge on any atom is 0.416 e. The normalized spacial score (nSPS) is 16.6. The molecule has 2 aromatic rings. The summed E-state index contributed by atoms with van der Waals surface area (Å²) in [4.78, 5) is 14.0. The molecule has 1 N–H and O–H groups in total. The van der Waals surface area contributed by atoms with E-state index in [9.17, 15) is 23.1 Å². The molecule has 0 radical (unpaired) electrons. The van der Waals surface area contributed by atoms with E-state index in [0.717, 1.165) is 28.8 Å². The molecule has 3 nitrogen and oxygen atoms in total. The molecule has 26 heavy (non-hydrogen) atoms. The molecule has 1 heterocycles. The topological polar surface area (TPSA) is 40.5 Å². The summed E-state index contributed by atoms with van der Waals surface area (Å²) in [5, 5.41) is 9.56. The van der Waals surface area contributed by atoms with Crippen molar-refractivity contribution in [2.24, 2.45) is 0 Å². The maximum atomic E-state index is 12.9. The van der Waals surface area contributed by atoms with Crippen molar-refractivity contribution in [1.82, 2.24) is 0 Å². The van der Waals surface area contributed by atoms with Gasteiger partial charge in [0, 0.05) is 0 Å². The number of amides is 1. The highest BCUT2D eigenvalue weighted by molar-refractivity contribution is 14.1. The number of hydrogen-bond acceptors (Lipinski definition) is 4. The van der Waals surface area contributed by atoms with Crippen LogP contribution in [0.5, 0.6) is 5.75 Å². The van der Waals surface area contributed by atoms with Gasteiger partial charge in [0.1, 0.15) is 5.75 Å². The summed E-state index contributed by atoms with van der Waals surface area (Å²) < 4.78 is 39.5. The first-order chi connectivity index (χ1) is 12.2. The van der Waals surface area contributed by atoms with Gasteiger partial charge in [-0.15, -0.1) is 0 Å². The third-order valence-corrected chi connectivity index (χ3v) is 5.66. The average Bonchev–Trinajstić information content (AvgIpc) is 2.84. The van der Waals surface area contributed by atoms with E-state index >= 15 is 0 Å². The first kappa shape index (κ1) is 19.2. The summed E-state index contributed by atoms with van der Waals surface area (Å²) in [6, 6.07) is 9.31. The third-order valence-electron chi connectivity index (χ3n) is 3.49. The number of alkyl halides is 3. The Hall–Kier alpha value is -1.59. The van der Waals surface area contributed by atoms with Crippen LogP contribution >= 0.6 is 46.6 Å². The van der Waals surface area contributed by atoms with Crippen molar-refractivity contribution in [2.45, 2.75) is 6.18 Å². The van der Waals surface area contributed by atoms with Crippen molar-refractivity contribution in [1.29, 1.82) is 0 Å². The van der Waals surface area contributed by atoms with Crippen molar-refractivity contribution in [3.63, 3.8) is 0 Å². The van der Waals surface area contributed by atoms with Crippen molar-refractivity contribution < 1.29 is 23.1 Å². The molecule has 0 aliphatic carbocycles. The lowest BCUT2D eigenvalue weighted by atomic mass is 10.1. The summed E-state index contributed by atoms with van der Waals surface area (Å²) in [5.41, 5.74) is -0.0936. The van der Waals surface area contributed by atoms with E-state index in [0.29, 0.717) is 14.0 Å². The van der Waals surface area contributed by atoms with Crippen LogP contribution in [-0.2, 0) is 11.0 Å². The Morgan fingerprint density at radius 3 is 2.58 bits per heavy atom. The van der Waals surface area contributed by atoms with Gasteiger partial charge in [-0.25, -0.2) is 0 Å². The molecule has 0 saturated carbocycles. The number of phenolic OH excluding ortho intramolecular Hbond substituents is 1. The lowest BCUT2D eigenvalue weighted by Gasteiger charge is -2.16. The zero-order valence-electron chi connectivity index (χ0n) is 12.7. The largest absolute Gasteiger partial charge is 0.507 e. The second-order valence-electron chi connectivity index (χ2n) is 5.28. The zero-order valence-corrected chi connectivity index (χ0v) is 16.5. The van der Waals surface area contributed by atoms with E-state index in [1.54, 1.807) is 18.2 Å². The van der Waals surface area contributed by atoms with E-state index in [-0.39, 0.29) is 15.8 Å². The lowest BCUT2D eigenvalue weighted by molar-refractivity contribution is -0.137. The molecule has 1 aliphatic heterocycles.